The minimum atomic E-state index is -0.422. The summed E-state index contributed by atoms with van der Waals surface area (Å²) in [6.45, 7) is 5.53. The second kappa shape index (κ2) is 8.80. The summed E-state index contributed by atoms with van der Waals surface area (Å²) < 4.78 is 7.51. The first-order valence-corrected chi connectivity index (χ1v) is 11.7. The van der Waals surface area contributed by atoms with Crippen molar-refractivity contribution in [3.8, 4) is 17.0 Å². The summed E-state index contributed by atoms with van der Waals surface area (Å²) in [7, 11) is 1.68. The van der Waals surface area contributed by atoms with Crippen LogP contribution >= 0.6 is 0 Å². The van der Waals surface area contributed by atoms with Crippen LogP contribution in [0.25, 0.3) is 16.9 Å². The number of benzene rings is 1. The van der Waals surface area contributed by atoms with Gasteiger partial charge in [0, 0.05) is 38.3 Å². The smallest absolute Gasteiger partial charge is 0.219 e. The number of nitrogens with zero attached hydrogens (tertiary/aromatic N) is 4. The minimum Gasteiger partial charge on any atom is -0.497 e. The largest absolute Gasteiger partial charge is 0.497 e. The predicted octanol–water partition coefficient (Wildman–Crippen LogP) is 3.21. The molecule has 1 atom stereocenters. The quantitative estimate of drug-likeness (QED) is 0.664. The number of hydrogen-bond donors (Lipinski definition) is 1. The number of amides is 1. The predicted molar refractivity (Wildman–Crippen MR) is 127 cm³/mol. The van der Waals surface area contributed by atoms with Crippen LogP contribution in [0.5, 0.6) is 5.75 Å². The van der Waals surface area contributed by atoms with Crippen molar-refractivity contribution in [3.05, 3.63) is 54.4 Å². The van der Waals surface area contributed by atoms with E-state index in [-0.39, 0.29) is 11.3 Å². The van der Waals surface area contributed by atoms with Crippen LogP contribution in [0.2, 0.25) is 0 Å². The van der Waals surface area contributed by atoms with E-state index in [2.05, 4.69) is 27.6 Å². The minimum absolute atomic E-state index is 0.0259. The van der Waals surface area contributed by atoms with Crippen molar-refractivity contribution < 1.29 is 14.6 Å². The van der Waals surface area contributed by atoms with Gasteiger partial charge in [-0.05, 0) is 74.2 Å². The van der Waals surface area contributed by atoms with E-state index in [9.17, 15) is 9.90 Å². The fraction of sp³-hybridized carbons (Fsp3) is 0.462. The Morgan fingerprint density at radius 3 is 2.64 bits per heavy atom. The van der Waals surface area contributed by atoms with Gasteiger partial charge in [-0.1, -0.05) is 6.07 Å². The summed E-state index contributed by atoms with van der Waals surface area (Å²) in [6, 6.07) is 14.2. The van der Waals surface area contributed by atoms with Crippen LogP contribution in [0.15, 0.2) is 48.7 Å². The fourth-order valence-electron chi connectivity index (χ4n) is 5.53. The number of carbonyl (C=O) groups is 1. The Bertz CT molecular complexity index is 1130. The molecule has 33 heavy (non-hydrogen) atoms. The molecule has 174 valence electrons. The number of methoxy groups -OCH3 is 1. The lowest BCUT2D eigenvalue weighted by molar-refractivity contribution is -0.138. The first-order valence-electron chi connectivity index (χ1n) is 11.7. The monoisotopic (exact) mass is 448 g/mol. The lowest BCUT2D eigenvalue weighted by Gasteiger charge is -2.49. The highest BCUT2D eigenvalue weighted by Crippen LogP contribution is 2.40. The normalized spacial score (nSPS) is 20.9. The first kappa shape index (κ1) is 21.9. The number of aromatic nitrogens is 2. The summed E-state index contributed by atoms with van der Waals surface area (Å²) in [5.74, 6) is 0.894. The Morgan fingerprint density at radius 2 is 1.94 bits per heavy atom. The molecule has 7 heteroatoms. The topological polar surface area (TPSA) is 70.3 Å². The molecule has 2 aliphatic heterocycles. The number of aliphatic hydroxyl groups is 1. The van der Waals surface area contributed by atoms with Crippen LogP contribution in [0.4, 0.5) is 0 Å². The number of β-amino-alcohol motifs (C(OH)–C–C–N with tert-alkyl or cyclic N) is 1. The number of likely N-dealkylation sites (tertiary alicyclic amines) is 2. The van der Waals surface area contributed by atoms with Gasteiger partial charge in [0.1, 0.15) is 11.4 Å². The van der Waals surface area contributed by atoms with Crippen molar-refractivity contribution in [2.24, 2.45) is 5.41 Å². The zero-order valence-electron chi connectivity index (χ0n) is 19.4. The highest BCUT2D eigenvalue weighted by molar-refractivity contribution is 5.73. The third-order valence-corrected chi connectivity index (χ3v) is 7.35. The number of piperidine rings is 2. The van der Waals surface area contributed by atoms with Crippen molar-refractivity contribution >= 4 is 11.6 Å². The maximum absolute atomic E-state index is 12.0. The van der Waals surface area contributed by atoms with E-state index in [1.54, 1.807) is 14.0 Å². The van der Waals surface area contributed by atoms with Crippen LogP contribution in [0.1, 0.15) is 31.9 Å². The molecular formula is C26H32N4O3. The van der Waals surface area contributed by atoms with E-state index in [0.29, 0.717) is 6.54 Å². The summed E-state index contributed by atoms with van der Waals surface area (Å²) in [5, 5.41) is 10.4. The van der Waals surface area contributed by atoms with Gasteiger partial charge in [-0.25, -0.2) is 4.98 Å². The van der Waals surface area contributed by atoms with Crippen LogP contribution in [-0.2, 0) is 11.3 Å². The van der Waals surface area contributed by atoms with Gasteiger partial charge in [-0.3, -0.25) is 9.69 Å². The molecule has 0 saturated carbocycles. The fourth-order valence-corrected chi connectivity index (χ4v) is 5.53. The third kappa shape index (κ3) is 4.35. The average Bonchev–Trinajstić information content (AvgIpc) is 3.18. The van der Waals surface area contributed by atoms with E-state index in [4.69, 9.17) is 9.72 Å². The SMILES string of the molecule is COc1ccc(-c2nc3ccccn3c2CN2CCC3(CC2)CC(O)CN(C(C)=O)C3)cc1. The molecule has 1 unspecified atom stereocenters. The van der Waals surface area contributed by atoms with E-state index >= 15 is 0 Å². The second-order valence-corrected chi connectivity index (χ2v) is 9.60. The zero-order valence-corrected chi connectivity index (χ0v) is 19.4. The number of fused-ring (bicyclic) bond motifs is 1. The van der Waals surface area contributed by atoms with Gasteiger partial charge in [0.25, 0.3) is 0 Å². The first-order chi connectivity index (χ1) is 16.0. The molecule has 1 spiro atoms. The lowest BCUT2D eigenvalue weighted by atomic mass is 9.71. The van der Waals surface area contributed by atoms with Gasteiger partial charge in [-0.15, -0.1) is 0 Å². The number of imidazole rings is 1. The number of hydrogen-bond acceptors (Lipinski definition) is 5. The zero-order chi connectivity index (χ0) is 23.0. The van der Waals surface area contributed by atoms with Crippen molar-refractivity contribution in [3.63, 3.8) is 0 Å². The van der Waals surface area contributed by atoms with Gasteiger partial charge in [0.05, 0.1) is 24.6 Å². The summed E-state index contributed by atoms with van der Waals surface area (Å²) in [5.41, 5.74) is 4.23. The molecule has 2 fully saturated rings. The van der Waals surface area contributed by atoms with Gasteiger partial charge >= 0.3 is 0 Å². The highest BCUT2D eigenvalue weighted by atomic mass is 16.5. The van der Waals surface area contributed by atoms with Crippen LogP contribution in [0, 0.1) is 5.41 Å². The maximum Gasteiger partial charge on any atom is 0.219 e. The Kier molecular flexibility index (Phi) is 5.85. The molecule has 2 aliphatic rings. The Labute approximate surface area is 194 Å². The Morgan fingerprint density at radius 1 is 1.18 bits per heavy atom. The molecule has 1 aromatic carbocycles. The molecule has 3 aromatic rings. The third-order valence-electron chi connectivity index (χ3n) is 7.35. The number of ether oxygens (including phenoxy) is 1. The molecule has 0 bridgehead atoms. The van der Waals surface area contributed by atoms with E-state index < -0.39 is 6.10 Å². The molecule has 0 aliphatic carbocycles. The maximum atomic E-state index is 12.0. The number of rotatable bonds is 4. The van der Waals surface area contributed by atoms with Crippen molar-refractivity contribution in [1.29, 1.82) is 0 Å². The molecule has 5 rings (SSSR count). The molecule has 7 nitrogen and oxygen atoms in total. The van der Waals surface area contributed by atoms with Crippen molar-refractivity contribution in [2.75, 3.05) is 33.3 Å². The Hall–Kier alpha value is -2.90. The molecule has 1 amide bonds. The highest BCUT2D eigenvalue weighted by Gasteiger charge is 2.42. The molecular weight excluding hydrogens is 416 g/mol. The number of aliphatic hydroxyl groups excluding tert-OH is 1. The number of carbonyl (C=O) groups excluding carboxylic acids is 1. The van der Waals surface area contributed by atoms with Crippen LogP contribution in [-0.4, -0.2) is 69.6 Å². The Balaban J connectivity index is 1.37. The average molecular weight is 449 g/mol. The van der Waals surface area contributed by atoms with Crippen molar-refractivity contribution in [1.82, 2.24) is 19.2 Å². The van der Waals surface area contributed by atoms with Crippen LogP contribution in [0.3, 0.4) is 0 Å². The summed E-state index contributed by atoms with van der Waals surface area (Å²) >= 11 is 0. The van der Waals surface area contributed by atoms with E-state index in [1.165, 1.54) is 5.69 Å². The molecule has 4 heterocycles. The summed E-state index contributed by atoms with van der Waals surface area (Å²) in [6.07, 6.45) is 4.43. The van der Waals surface area contributed by atoms with Gasteiger partial charge in [0.2, 0.25) is 5.91 Å². The second-order valence-electron chi connectivity index (χ2n) is 9.60. The van der Waals surface area contributed by atoms with Crippen molar-refractivity contribution in [2.45, 2.75) is 38.8 Å². The van der Waals surface area contributed by atoms with E-state index in [0.717, 1.165) is 68.1 Å². The van der Waals surface area contributed by atoms with E-state index in [1.807, 2.05) is 35.2 Å². The van der Waals surface area contributed by atoms with Gasteiger partial charge < -0.3 is 19.1 Å². The number of pyridine rings is 1. The molecule has 2 saturated heterocycles. The standard InChI is InChI=1S/C26H32N4O3/c1-19(31)29-16-21(32)15-26(18-29)10-13-28(14-11-26)17-23-25(20-6-8-22(33-2)9-7-20)27-24-5-3-4-12-30(23)24/h3-9,12,21,32H,10-11,13-18H2,1-2H3. The molecule has 2 aromatic heterocycles. The van der Waals surface area contributed by atoms with Crippen LogP contribution < -0.4 is 4.74 Å². The molecule has 1 N–H and O–H groups in total. The van der Waals surface area contributed by atoms with Gasteiger partial charge in [-0.2, -0.15) is 0 Å². The lowest BCUT2D eigenvalue weighted by Crippen LogP contribution is -2.54. The molecule has 0 radical (unpaired) electrons. The summed E-state index contributed by atoms with van der Waals surface area (Å²) in [4.78, 5) is 21.2. The van der Waals surface area contributed by atoms with Gasteiger partial charge in [0.15, 0.2) is 0 Å².